The van der Waals surface area contributed by atoms with Gasteiger partial charge in [0, 0.05) is 55.4 Å². The van der Waals surface area contributed by atoms with Crippen molar-refractivity contribution in [3.05, 3.63) is 71.7 Å². The monoisotopic (exact) mass is 514 g/mol. The highest BCUT2D eigenvalue weighted by molar-refractivity contribution is 5.77. The van der Waals surface area contributed by atoms with Crippen molar-refractivity contribution in [1.29, 1.82) is 0 Å². The molecule has 1 aliphatic heterocycles. The molecule has 0 atom stereocenters. The first-order valence-corrected chi connectivity index (χ1v) is 12.8. The second-order valence-corrected chi connectivity index (χ2v) is 10.3. The lowest BCUT2D eigenvalue weighted by molar-refractivity contribution is 0.128. The molecule has 1 fully saturated rings. The van der Waals surface area contributed by atoms with Crippen LogP contribution in [0.4, 0.5) is 17.3 Å². The normalized spacial score (nSPS) is 14.6. The zero-order valence-electron chi connectivity index (χ0n) is 22.4. The van der Waals surface area contributed by atoms with E-state index in [2.05, 4.69) is 64.6 Å². The maximum atomic E-state index is 13.1. The minimum atomic E-state index is -0.216. The Kier molecular flexibility index (Phi) is 6.90. The average molecular weight is 515 g/mol. The number of methoxy groups -OCH3 is 1. The molecule has 4 aromatic rings. The lowest BCUT2D eigenvalue weighted by Gasteiger charge is -2.43. The smallest absolute Gasteiger partial charge is 0.278 e. The molecule has 0 bridgehead atoms. The molecule has 1 saturated heterocycles. The second kappa shape index (κ2) is 10.3. The van der Waals surface area contributed by atoms with Crippen LogP contribution in [0.3, 0.4) is 0 Å². The van der Waals surface area contributed by atoms with Crippen molar-refractivity contribution in [3.63, 3.8) is 0 Å². The number of hydrogen-bond acceptors (Lipinski definition) is 8. The fourth-order valence-electron chi connectivity index (χ4n) is 4.76. The Labute approximate surface area is 222 Å². The van der Waals surface area contributed by atoms with Crippen LogP contribution in [0.15, 0.2) is 66.1 Å². The predicted molar refractivity (Wildman–Crippen MR) is 151 cm³/mol. The zero-order chi connectivity index (χ0) is 26.9. The molecule has 198 valence electrons. The first-order chi connectivity index (χ1) is 18.3. The Morgan fingerprint density at radius 1 is 1.05 bits per heavy atom. The Morgan fingerprint density at radius 3 is 2.45 bits per heavy atom. The van der Waals surface area contributed by atoms with E-state index in [1.54, 1.807) is 36.2 Å². The molecule has 4 heterocycles. The number of benzene rings is 1. The number of rotatable bonds is 7. The standard InChI is InChI=1S/C28H34N8O2/c1-6-14-35-26(37)22-19-29-27(32-25(22)36(35)23-8-7-9-24(31-23)38-5)30-20-10-12-21(13-11-20)33-15-17-34(18-16-33)28(2,3)4/h6-13,19H,1,14-18H2,2-5H3,(H,29,30,32). The summed E-state index contributed by atoms with van der Waals surface area (Å²) in [6, 6.07) is 13.7. The number of fused-ring (bicyclic) bond motifs is 1. The number of nitrogens with one attached hydrogen (secondary N) is 1. The van der Waals surface area contributed by atoms with Crippen LogP contribution in [0.1, 0.15) is 20.8 Å². The Balaban J connectivity index is 1.41. The van der Waals surface area contributed by atoms with Crippen LogP contribution in [-0.2, 0) is 6.54 Å². The summed E-state index contributed by atoms with van der Waals surface area (Å²) in [5.74, 6) is 1.34. The van der Waals surface area contributed by atoms with E-state index < -0.39 is 0 Å². The zero-order valence-corrected chi connectivity index (χ0v) is 22.4. The van der Waals surface area contributed by atoms with E-state index in [-0.39, 0.29) is 11.1 Å². The number of allylic oxidation sites excluding steroid dienone is 1. The summed E-state index contributed by atoms with van der Waals surface area (Å²) in [6.07, 6.45) is 3.21. The van der Waals surface area contributed by atoms with Gasteiger partial charge < -0.3 is 15.0 Å². The maximum Gasteiger partial charge on any atom is 0.278 e. The van der Waals surface area contributed by atoms with Crippen LogP contribution in [0.25, 0.3) is 16.9 Å². The van der Waals surface area contributed by atoms with Crippen LogP contribution in [-0.4, -0.2) is 68.0 Å². The fourth-order valence-corrected chi connectivity index (χ4v) is 4.76. The Bertz CT molecular complexity index is 1490. The molecule has 0 radical (unpaired) electrons. The van der Waals surface area contributed by atoms with Crippen LogP contribution < -0.4 is 20.5 Å². The highest BCUT2D eigenvalue weighted by Crippen LogP contribution is 2.24. The predicted octanol–water partition coefficient (Wildman–Crippen LogP) is 3.84. The fraction of sp³-hybridized carbons (Fsp3) is 0.357. The van der Waals surface area contributed by atoms with Gasteiger partial charge in [-0.1, -0.05) is 12.1 Å². The number of ether oxygens (including phenoxy) is 1. The highest BCUT2D eigenvalue weighted by Gasteiger charge is 2.26. The van der Waals surface area contributed by atoms with Gasteiger partial charge in [0.15, 0.2) is 11.5 Å². The Hall–Kier alpha value is -4.18. The van der Waals surface area contributed by atoms with Gasteiger partial charge in [-0.05, 0) is 51.1 Å². The van der Waals surface area contributed by atoms with Crippen molar-refractivity contribution < 1.29 is 4.74 Å². The van der Waals surface area contributed by atoms with Gasteiger partial charge in [-0.15, -0.1) is 6.58 Å². The second-order valence-electron chi connectivity index (χ2n) is 10.3. The summed E-state index contributed by atoms with van der Waals surface area (Å²) in [7, 11) is 1.55. The van der Waals surface area contributed by atoms with Crippen LogP contribution in [0, 0.1) is 0 Å². The molecule has 5 rings (SSSR count). The molecule has 0 amide bonds. The third-order valence-corrected chi connectivity index (χ3v) is 6.83. The molecule has 38 heavy (non-hydrogen) atoms. The molecule has 10 nitrogen and oxygen atoms in total. The van der Waals surface area contributed by atoms with Crippen LogP contribution in [0.5, 0.6) is 5.88 Å². The molecule has 1 aliphatic rings. The quantitative estimate of drug-likeness (QED) is 0.372. The lowest BCUT2D eigenvalue weighted by atomic mass is 10.0. The highest BCUT2D eigenvalue weighted by atomic mass is 16.5. The van der Waals surface area contributed by atoms with Gasteiger partial charge in [-0.25, -0.2) is 14.3 Å². The van der Waals surface area contributed by atoms with Gasteiger partial charge in [0.05, 0.1) is 13.7 Å². The lowest BCUT2D eigenvalue weighted by Crippen LogP contribution is -2.53. The number of anilines is 3. The minimum Gasteiger partial charge on any atom is -0.481 e. The van der Waals surface area contributed by atoms with Crippen molar-refractivity contribution in [2.24, 2.45) is 0 Å². The summed E-state index contributed by atoms with van der Waals surface area (Å²) >= 11 is 0. The van der Waals surface area contributed by atoms with Gasteiger partial charge >= 0.3 is 0 Å². The number of piperazine rings is 1. The van der Waals surface area contributed by atoms with Gasteiger partial charge in [0.1, 0.15) is 5.39 Å². The molecule has 1 aromatic carbocycles. The molecule has 10 heteroatoms. The van der Waals surface area contributed by atoms with Crippen molar-refractivity contribution in [2.75, 3.05) is 43.5 Å². The summed E-state index contributed by atoms with van der Waals surface area (Å²) in [4.78, 5) is 31.7. The van der Waals surface area contributed by atoms with Gasteiger partial charge in [-0.2, -0.15) is 9.97 Å². The molecule has 0 spiro atoms. The van der Waals surface area contributed by atoms with Gasteiger partial charge in [0.2, 0.25) is 11.8 Å². The van der Waals surface area contributed by atoms with Crippen molar-refractivity contribution >= 4 is 28.4 Å². The topological polar surface area (TPSA) is 93.3 Å². The SMILES string of the molecule is C=CCn1c(=O)c2cnc(Nc3ccc(N4CCN(C(C)(C)C)CC4)cc3)nc2n1-c1cccc(OC)n1. The number of aromatic nitrogens is 5. The van der Waals surface area contributed by atoms with Crippen molar-refractivity contribution in [1.82, 2.24) is 29.2 Å². The molecule has 1 N–H and O–H groups in total. The van der Waals surface area contributed by atoms with Crippen molar-refractivity contribution in [2.45, 2.75) is 32.9 Å². The number of hydrogen-bond donors (Lipinski definition) is 1. The van der Waals surface area contributed by atoms with Crippen molar-refractivity contribution in [3.8, 4) is 11.7 Å². The molecule has 3 aromatic heterocycles. The first-order valence-electron chi connectivity index (χ1n) is 12.8. The summed E-state index contributed by atoms with van der Waals surface area (Å²) in [6.45, 7) is 15.0. The molecular formula is C28H34N8O2. The average Bonchev–Trinajstić information content (AvgIpc) is 3.19. The molecule has 0 saturated carbocycles. The Morgan fingerprint density at radius 2 is 1.79 bits per heavy atom. The number of pyridine rings is 1. The molecule has 0 unspecified atom stereocenters. The minimum absolute atomic E-state index is 0.196. The van der Waals surface area contributed by atoms with E-state index in [4.69, 9.17) is 9.72 Å². The van der Waals surface area contributed by atoms with E-state index in [0.717, 1.165) is 31.9 Å². The summed E-state index contributed by atoms with van der Waals surface area (Å²) in [5.41, 5.74) is 2.48. The first kappa shape index (κ1) is 25.5. The van der Waals surface area contributed by atoms with E-state index in [1.807, 2.05) is 18.2 Å². The third-order valence-electron chi connectivity index (χ3n) is 6.83. The van der Waals surface area contributed by atoms with Gasteiger partial charge in [0.25, 0.3) is 5.56 Å². The third kappa shape index (κ3) is 4.99. The van der Waals surface area contributed by atoms with E-state index in [9.17, 15) is 4.79 Å². The van der Waals surface area contributed by atoms with E-state index >= 15 is 0 Å². The van der Waals surface area contributed by atoms with Gasteiger partial charge in [-0.3, -0.25) is 9.69 Å². The van der Waals surface area contributed by atoms with E-state index in [1.165, 1.54) is 10.4 Å². The van der Waals surface area contributed by atoms with E-state index in [0.29, 0.717) is 35.2 Å². The van der Waals surface area contributed by atoms with Crippen LogP contribution in [0.2, 0.25) is 0 Å². The molecule has 0 aliphatic carbocycles. The maximum absolute atomic E-state index is 13.1. The number of nitrogens with zero attached hydrogens (tertiary/aromatic N) is 7. The van der Waals surface area contributed by atoms with Crippen LogP contribution >= 0.6 is 0 Å². The largest absolute Gasteiger partial charge is 0.481 e. The summed E-state index contributed by atoms with van der Waals surface area (Å²) in [5, 5.41) is 3.67. The summed E-state index contributed by atoms with van der Waals surface area (Å²) < 4.78 is 8.50. The molecular weight excluding hydrogens is 480 g/mol.